The molecular formula is C44H80O4. The van der Waals surface area contributed by atoms with E-state index in [0.29, 0.717) is 19.6 Å². The molecule has 0 bridgehead atoms. The predicted molar refractivity (Wildman–Crippen MR) is 210 cm³/mol. The monoisotopic (exact) mass is 673 g/mol. The fourth-order valence-corrected chi connectivity index (χ4v) is 5.85. The molecule has 0 aromatic rings. The number of aliphatic hydroxyl groups excluding tert-OH is 1. The van der Waals surface area contributed by atoms with E-state index in [1.807, 2.05) is 0 Å². The second-order valence-electron chi connectivity index (χ2n) is 13.7. The molecule has 0 fully saturated rings. The van der Waals surface area contributed by atoms with E-state index >= 15 is 0 Å². The van der Waals surface area contributed by atoms with Gasteiger partial charge in [-0.2, -0.15) is 0 Å². The Hall–Kier alpha value is -1.65. The molecule has 0 amide bonds. The third kappa shape index (κ3) is 38.8. The highest BCUT2D eigenvalue weighted by Crippen LogP contribution is 2.14. The third-order valence-corrected chi connectivity index (χ3v) is 8.92. The minimum Gasteiger partial charge on any atom is -0.457 e. The number of esters is 1. The Morgan fingerprint density at radius 3 is 1.42 bits per heavy atom. The summed E-state index contributed by atoms with van der Waals surface area (Å²) in [5.41, 5.74) is 0. The van der Waals surface area contributed by atoms with Crippen LogP contribution in [-0.2, 0) is 14.3 Å². The number of aliphatic hydroxyl groups is 1. The maximum absolute atomic E-state index is 12.2. The first kappa shape index (κ1) is 46.4. The van der Waals surface area contributed by atoms with Gasteiger partial charge in [-0.05, 0) is 51.4 Å². The first-order valence-corrected chi connectivity index (χ1v) is 20.7. The molecule has 0 rings (SSSR count). The molecule has 0 spiro atoms. The summed E-state index contributed by atoms with van der Waals surface area (Å²) in [4.78, 5) is 12.2. The molecule has 1 unspecified atom stereocenters. The van der Waals surface area contributed by atoms with E-state index in [-0.39, 0.29) is 12.6 Å². The number of unbranched alkanes of at least 4 members (excludes halogenated alkanes) is 22. The Kier molecular flexibility index (Phi) is 40.1. The van der Waals surface area contributed by atoms with Gasteiger partial charge in [-0.15, -0.1) is 0 Å². The smallest absolute Gasteiger partial charge is 0.306 e. The average molecular weight is 673 g/mol. The van der Waals surface area contributed by atoms with Gasteiger partial charge in [0.25, 0.3) is 0 Å². The molecular weight excluding hydrogens is 592 g/mol. The number of hydrogen-bond acceptors (Lipinski definition) is 4. The van der Waals surface area contributed by atoms with E-state index in [0.717, 1.165) is 57.8 Å². The number of carbonyl (C=O) groups is 1. The molecule has 0 aliphatic rings. The Balaban J connectivity index is 3.46. The van der Waals surface area contributed by atoms with Crippen molar-refractivity contribution in [3.8, 4) is 0 Å². The molecule has 4 nitrogen and oxygen atoms in total. The molecule has 48 heavy (non-hydrogen) atoms. The predicted octanol–water partition coefficient (Wildman–Crippen LogP) is 13.5. The van der Waals surface area contributed by atoms with Crippen LogP contribution in [0, 0.1) is 0 Å². The minimum absolute atomic E-state index is 0.177. The van der Waals surface area contributed by atoms with E-state index < -0.39 is 6.10 Å². The SMILES string of the molecule is CC/C=C\C/C=C\C/C=C\C/C=C\CCCCCCCCC(=O)OC(CO)COCCCCCCCCCCCCCCCCCCC. The van der Waals surface area contributed by atoms with E-state index in [1.54, 1.807) is 0 Å². The summed E-state index contributed by atoms with van der Waals surface area (Å²) >= 11 is 0. The van der Waals surface area contributed by atoms with Crippen molar-refractivity contribution in [2.24, 2.45) is 0 Å². The number of allylic oxidation sites excluding steroid dienone is 8. The Labute approximate surface area is 299 Å². The molecule has 0 aliphatic carbocycles. The lowest BCUT2D eigenvalue weighted by Crippen LogP contribution is -2.27. The Bertz CT molecular complexity index is 753. The zero-order valence-corrected chi connectivity index (χ0v) is 32.0. The molecule has 0 saturated heterocycles. The van der Waals surface area contributed by atoms with Crippen LogP contribution in [0.4, 0.5) is 0 Å². The van der Waals surface area contributed by atoms with E-state index in [2.05, 4.69) is 62.5 Å². The maximum atomic E-state index is 12.2. The van der Waals surface area contributed by atoms with Crippen molar-refractivity contribution in [2.45, 2.75) is 206 Å². The average Bonchev–Trinajstić information content (AvgIpc) is 3.09. The second-order valence-corrected chi connectivity index (χ2v) is 13.7. The molecule has 0 aliphatic heterocycles. The van der Waals surface area contributed by atoms with Crippen molar-refractivity contribution in [1.29, 1.82) is 0 Å². The fraction of sp³-hybridized carbons (Fsp3) is 0.795. The van der Waals surface area contributed by atoms with E-state index in [4.69, 9.17) is 9.47 Å². The van der Waals surface area contributed by atoms with Crippen molar-refractivity contribution in [2.75, 3.05) is 19.8 Å². The van der Waals surface area contributed by atoms with Gasteiger partial charge in [-0.3, -0.25) is 4.79 Å². The summed E-state index contributed by atoms with van der Waals surface area (Å²) in [5.74, 6) is -0.213. The summed E-state index contributed by atoms with van der Waals surface area (Å²) in [6, 6.07) is 0. The van der Waals surface area contributed by atoms with Crippen molar-refractivity contribution in [3.05, 3.63) is 48.6 Å². The number of hydrogen-bond donors (Lipinski definition) is 1. The number of rotatable bonds is 38. The molecule has 0 heterocycles. The highest BCUT2D eigenvalue weighted by atomic mass is 16.6. The second kappa shape index (κ2) is 41.5. The lowest BCUT2D eigenvalue weighted by molar-refractivity contribution is -0.154. The summed E-state index contributed by atoms with van der Waals surface area (Å²) in [6.07, 6.45) is 53.0. The van der Waals surface area contributed by atoms with Gasteiger partial charge in [0.05, 0.1) is 13.2 Å². The van der Waals surface area contributed by atoms with Crippen molar-refractivity contribution < 1.29 is 19.4 Å². The topological polar surface area (TPSA) is 55.8 Å². The normalized spacial score (nSPS) is 12.8. The van der Waals surface area contributed by atoms with Crippen molar-refractivity contribution in [1.82, 2.24) is 0 Å². The number of ether oxygens (including phenoxy) is 2. The molecule has 0 aromatic heterocycles. The first-order chi connectivity index (χ1) is 23.7. The van der Waals surface area contributed by atoms with Gasteiger partial charge in [0.2, 0.25) is 0 Å². The quantitative estimate of drug-likeness (QED) is 0.0403. The fourth-order valence-electron chi connectivity index (χ4n) is 5.85. The summed E-state index contributed by atoms with van der Waals surface area (Å²) in [6.45, 7) is 5.24. The lowest BCUT2D eigenvalue weighted by Gasteiger charge is -2.16. The lowest BCUT2D eigenvalue weighted by atomic mass is 10.0. The molecule has 280 valence electrons. The summed E-state index contributed by atoms with van der Waals surface area (Å²) in [7, 11) is 0. The minimum atomic E-state index is -0.540. The van der Waals surface area contributed by atoms with Crippen molar-refractivity contribution >= 4 is 5.97 Å². The highest BCUT2D eigenvalue weighted by Gasteiger charge is 2.13. The number of carbonyl (C=O) groups excluding carboxylic acids is 1. The van der Waals surface area contributed by atoms with E-state index in [9.17, 15) is 9.90 Å². The summed E-state index contributed by atoms with van der Waals surface area (Å²) < 4.78 is 11.1. The molecule has 1 atom stereocenters. The van der Waals surface area contributed by atoms with Crippen LogP contribution in [0.25, 0.3) is 0 Å². The van der Waals surface area contributed by atoms with Gasteiger partial charge in [-0.25, -0.2) is 0 Å². The molecule has 0 radical (unpaired) electrons. The molecule has 0 saturated carbocycles. The van der Waals surface area contributed by atoms with Crippen LogP contribution in [0.15, 0.2) is 48.6 Å². The van der Waals surface area contributed by atoms with Crippen LogP contribution in [0.1, 0.15) is 200 Å². The molecule has 1 N–H and O–H groups in total. The Morgan fingerprint density at radius 2 is 0.938 bits per heavy atom. The van der Waals surface area contributed by atoms with Gasteiger partial charge in [0, 0.05) is 13.0 Å². The zero-order chi connectivity index (χ0) is 34.9. The van der Waals surface area contributed by atoms with Gasteiger partial charge in [0.1, 0.15) is 6.10 Å². The first-order valence-electron chi connectivity index (χ1n) is 20.7. The van der Waals surface area contributed by atoms with Crippen LogP contribution in [0.5, 0.6) is 0 Å². The van der Waals surface area contributed by atoms with Gasteiger partial charge in [-0.1, -0.05) is 191 Å². The van der Waals surface area contributed by atoms with Gasteiger partial charge >= 0.3 is 5.97 Å². The summed E-state index contributed by atoms with van der Waals surface area (Å²) in [5, 5.41) is 9.59. The van der Waals surface area contributed by atoms with Crippen LogP contribution >= 0.6 is 0 Å². The molecule has 4 heteroatoms. The third-order valence-electron chi connectivity index (χ3n) is 8.92. The van der Waals surface area contributed by atoms with E-state index in [1.165, 1.54) is 122 Å². The largest absolute Gasteiger partial charge is 0.457 e. The van der Waals surface area contributed by atoms with Crippen LogP contribution in [0.3, 0.4) is 0 Å². The van der Waals surface area contributed by atoms with Crippen LogP contribution in [-0.4, -0.2) is 37.0 Å². The highest BCUT2D eigenvalue weighted by molar-refractivity contribution is 5.69. The van der Waals surface area contributed by atoms with Crippen molar-refractivity contribution in [3.63, 3.8) is 0 Å². The Morgan fingerprint density at radius 1 is 0.521 bits per heavy atom. The maximum Gasteiger partial charge on any atom is 0.306 e. The van der Waals surface area contributed by atoms with Crippen LogP contribution < -0.4 is 0 Å². The van der Waals surface area contributed by atoms with Gasteiger partial charge < -0.3 is 14.6 Å². The standard InChI is InChI=1S/C44H80O4/c1-3-5-7-9-11-13-15-17-19-21-22-23-25-27-29-31-33-35-37-39-44(46)48-43(41-45)42-47-40-38-36-34-32-30-28-26-24-20-18-16-14-12-10-8-6-4-2/h5,7,11,13,17,19,22-23,43,45H,3-4,6,8-10,12,14-16,18,20-21,24-42H2,1-2H3/b7-5-,13-11-,19-17-,23-22-. The molecule has 0 aromatic carbocycles. The zero-order valence-electron chi connectivity index (χ0n) is 32.0. The van der Waals surface area contributed by atoms with Gasteiger partial charge in [0.15, 0.2) is 0 Å². The van der Waals surface area contributed by atoms with Crippen LogP contribution in [0.2, 0.25) is 0 Å².